The molecule has 7 heteroatoms. The van der Waals surface area contributed by atoms with E-state index in [1.54, 1.807) is 0 Å². The molecule has 1 unspecified atom stereocenters. The topological polar surface area (TPSA) is 76.4 Å². The Bertz CT molecular complexity index is 758. The Labute approximate surface area is 174 Å². The monoisotopic (exact) mass is 398 g/mol. The fraction of sp³-hybridized carbons (Fsp3) is 0.591. The molecular weight excluding hydrogens is 364 g/mol. The molecule has 1 aromatic heterocycles. The summed E-state index contributed by atoms with van der Waals surface area (Å²) in [6.07, 6.45) is 5.72. The lowest BCUT2D eigenvalue weighted by atomic mass is 10.1. The highest BCUT2D eigenvalue weighted by Gasteiger charge is 2.14. The molecule has 0 aliphatic carbocycles. The summed E-state index contributed by atoms with van der Waals surface area (Å²) in [5.41, 5.74) is 1.21. The highest BCUT2D eigenvalue weighted by Crippen LogP contribution is 2.16. The summed E-state index contributed by atoms with van der Waals surface area (Å²) in [5, 5.41) is 15.4. The van der Waals surface area contributed by atoms with Gasteiger partial charge in [0.05, 0.1) is 6.10 Å². The number of hydrogen-bond acceptors (Lipinski definition) is 4. The van der Waals surface area contributed by atoms with Gasteiger partial charge < -0.3 is 19.9 Å². The lowest BCUT2D eigenvalue weighted by Crippen LogP contribution is -2.38. The quantitative estimate of drug-likeness (QED) is 0.385. The van der Waals surface area contributed by atoms with Gasteiger partial charge in [0.2, 0.25) is 0 Å². The van der Waals surface area contributed by atoms with Crippen molar-refractivity contribution in [3.8, 4) is 0 Å². The van der Waals surface area contributed by atoms with Crippen LogP contribution < -0.4 is 10.6 Å². The van der Waals surface area contributed by atoms with E-state index in [0.717, 1.165) is 50.1 Å². The number of ether oxygens (including phenoxy) is 1. The van der Waals surface area contributed by atoms with E-state index in [1.165, 1.54) is 24.8 Å². The maximum atomic E-state index is 5.94. The van der Waals surface area contributed by atoms with Crippen LogP contribution in [0.5, 0.6) is 0 Å². The first-order valence-electron chi connectivity index (χ1n) is 10.9. The summed E-state index contributed by atoms with van der Waals surface area (Å²) in [6.45, 7) is 8.06. The van der Waals surface area contributed by atoms with E-state index in [-0.39, 0.29) is 6.10 Å². The molecule has 2 N–H and O–H groups in total. The molecule has 158 valence electrons. The molecule has 1 atom stereocenters. The zero-order valence-electron chi connectivity index (χ0n) is 17.7. The van der Waals surface area contributed by atoms with Crippen molar-refractivity contribution < 1.29 is 4.74 Å². The minimum absolute atomic E-state index is 0.112. The lowest BCUT2D eigenvalue weighted by molar-refractivity contribution is 0.0646. The van der Waals surface area contributed by atoms with Gasteiger partial charge in [-0.1, -0.05) is 36.8 Å². The summed E-state index contributed by atoms with van der Waals surface area (Å²) >= 11 is 0. The van der Waals surface area contributed by atoms with E-state index in [1.807, 2.05) is 18.2 Å². The molecule has 0 bridgehead atoms. The third-order valence-electron chi connectivity index (χ3n) is 5.16. The van der Waals surface area contributed by atoms with Gasteiger partial charge in [-0.3, -0.25) is 0 Å². The van der Waals surface area contributed by atoms with Crippen LogP contribution >= 0.6 is 0 Å². The third kappa shape index (κ3) is 6.56. The van der Waals surface area contributed by atoms with Gasteiger partial charge in [-0.15, -0.1) is 10.2 Å². The van der Waals surface area contributed by atoms with Crippen molar-refractivity contribution >= 4 is 5.96 Å². The second kappa shape index (κ2) is 11.6. The van der Waals surface area contributed by atoms with Gasteiger partial charge in [-0.2, -0.15) is 0 Å². The highest BCUT2D eigenvalue weighted by molar-refractivity contribution is 5.79. The van der Waals surface area contributed by atoms with E-state index in [2.05, 4.69) is 51.4 Å². The minimum atomic E-state index is 0.112. The number of fused-ring (bicyclic) bond motifs is 1. The number of hydrogen-bond donors (Lipinski definition) is 2. The van der Waals surface area contributed by atoms with Gasteiger partial charge in [-0.05, 0) is 38.7 Å². The Balaban J connectivity index is 1.43. The number of nitrogens with zero attached hydrogens (tertiary/aromatic N) is 4. The van der Waals surface area contributed by atoms with Crippen molar-refractivity contribution in [1.82, 2.24) is 25.4 Å². The Hall–Kier alpha value is -2.41. The summed E-state index contributed by atoms with van der Waals surface area (Å²) < 4.78 is 8.19. The van der Waals surface area contributed by atoms with Gasteiger partial charge >= 0.3 is 0 Å². The van der Waals surface area contributed by atoms with Gasteiger partial charge in [0.25, 0.3) is 0 Å². The highest BCUT2D eigenvalue weighted by atomic mass is 16.5. The van der Waals surface area contributed by atoms with Crippen LogP contribution in [0.3, 0.4) is 0 Å². The standard InChI is InChI=1S/C22H34N6O/c1-3-23-22(24-14-10-16-29-18(2)19-11-6-4-7-12-19)25-17-21-27-26-20-13-8-5-9-15-28(20)21/h4,6-7,11-12,18H,3,5,8-10,13-17H2,1-2H3,(H2,23,24,25). The average Bonchev–Trinajstić information content (AvgIpc) is 2.98. The normalized spacial score (nSPS) is 15.4. The number of guanidine groups is 1. The van der Waals surface area contributed by atoms with Crippen LogP contribution in [0.25, 0.3) is 0 Å². The molecule has 1 aliphatic heterocycles. The predicted molar refractivity (Wildman–Crippen MR) is 116 cm³/mol. The number of aryl methyl sites for hydroxylation is 1. The molecular formula is C22H34N6O. The van der Waals surface area contributed by atoms with E-state index < -0.39 is 0 Å². The molecule has 0 saturated carbocycles. The minimum Gasteiger partial charge on any atom is -0.374 e. The van der Waals surface area contributed by atoms with Crippen LogP contribution in [0.15, 0.2) is 35.3 Å². The van der Waals surface area contributed by atoms with Crippen LogP contribution in [-0.4, -0.2) is 40.4 Å². The summed E-state index contributed by atoms with van der Waals surface area (Å²) in [4.78, 5) is 4.71. The molecule has 0 saturated heterocycles. The average molecular weight is 399 g/mol. The molecule has 0 spiro atoms. The van der Waals surface area contributed by atoms with Crippen molar-refractivity contribution in [1.29, 1.82) is 0 Å². The molecule has 2 heterocycles. The molecule has 7 nitrogen and oxygen atoms in total. The Morgan fingerprint density at radius 1 is 1.17 bits per heavy atom. The van der Waals surface area contributed by atoms with Crippen molar-refractivity contribution in [3.63, 3.8) is 0 Å². The summed E-state index contributed by atoms with van der Waals surface area (Å²) in [5.74, 6) is 2.88. The number of nitrogens with one attached hydrogen (secondary N) is 2. The maximum absolute atomic E-state index is 5.94. The van der Waals surface area contributed by atoms with E-state index in [0.29, 0.717) is 13.2 Å². The molecule has 1 aliphatic rings. The summed E-state index contributed by atoms with van der Waals surface area (Å²) in [7, 11) is 0. The van der Waals surface area contributed by atoms with Crippen LogP contribution in [0.1, 0.15) is 62.8 Å². The zero-order valence-corrected chi connectivity index (χ0v) is 17.7. The fourth-order valence-electron chi connectivity index (χ4n) is 3.51. The third-order valence-corrected chi connectivity index (χ3v) is 5.16. The maximum Gasteiger partial charge on any atom is 0.191 e. The molecule has 0 amide bonds. The molecule has 29 heavy (non-hydrogen) atoms. The van der Waals surface area contributed by atoms with Crippen molar-refractivity contribution in [2.45, 2.75) is 65.1 Å². The van der Waals surface area contributed by atoms with E-state index in [4.69, 9.17) is 9.73 Å². The SMILES string of the molecule is CCNC(=NCc1nnc2n1CCCCC2)NCCCOC(C)c1ccccc1. The van der Waals surface area contributed by atoms with Gasteiger partial charge in [0, 0.05) is 32.7 Å². The van der Waals surface area contributed by atoms with Gasteiger partial charge in [0.1, 0.15) is 12.4 Å². The Kier molecular flexibility index (Phi) is 8.49. The van der Waals surface area contributed by atoms with Crippen molar-refractivity contribution in [3.05, 3.63) is 47.5 Å². The second-order valence-electron chi connectivity index (χ2n) is 7.39. The van der Waals surface area contributed by atoms with Crippen LogP contribution in [0.2, 0.25) is 0 Å². The zero-order chi connectivity index (χ0) is 20.3. The molecule has 0 radical (unpaired) electrons. The predicted octanol–water partition coefficient (Wildman–Crippen LogP) is 3.23. The largest absolute Gasteiger partial charge is 0.374 e. The lowest BCUT2D eigenvalue weighted by Gasteiger charge is -2.14. The first-order chi connectivity index (χ1) is 14.3. The van der Waals surface area contributed by atoms with Crippen LogP contribution in [-0.2, 0) is 24.2 Å². The smallest absolute Gasteiger partial charge is 0.191 e. The first-order valence-corrected chi connectivity index (χ1v) is 10.9. The van der Waals surface area contributed by atoms with E-state index >= 15 is 0 Å². The molecule has 2 aromatic rings. The van der Waals surface area contributed by atoms with Crippen LogP contribution in [0.4, 0.5) is 0 Å². The van der Waals surface area contributed by atoms with Crippen molar-refractivity contribution in [2.75, 3.05) is 19.7 Å². The molecule has 0 fully saturated rings. The number of aromatic nitrogens is 3. The Morgan fingerprint density at radius 2 is 2.03 bits per heavy atom. The number of rotatable bonds is 9. The second-order valence-corrected chi connectivity index (χ2v) is 7.39. The van der Waals surface area contributed by atoms with Crippen molar-refractivity contribution in [2.24, 2.45) is 4.99 Å². The van der Waals surface area contributed by atoms with Gasteiger partial charge in [0.15, 0.2) is 11.8 Å². The van der Waals surface area contributed by atoms with Gasteiger partial charge in [-0.25, -0.2) is 4.99 Å². The summed E-state index contributed by atoms with van der Waals surface area (Å²) in [6, 6.07) is 10.3. The molecule has 1 aromatic carbocycles. The van der Waals surface area contributed by atoms with Crippen LogP contribution in [0, 0.1) is 0 Å². The fourth-order valence-corrected chi connectivity index (χ4v) is 3.51. The molecule has 3 rings (SSSR count). The van der Waals surface area contributed by atoms with E-state index in [9.17, 15) is 0 Å². The Morgan fingerprint density at radius 3 is 2.86 bits per heavy atom. The first kappa shape index (κ1) is 21.3. The number of benzene rings is 1. The number of aliphatic imine (C=N–C) groups is 1.